The second kappa shape index (κ2) is 5.30. The Balaban J connectivity index is 1.48. The van der Waals surface area contributed by atoms with Gasteiger partial charge in [-0.2, -0.15) is 0 Å². The van der Waals surface area contributed by atoms with Crippen molar-refractivity contribution in [3.05, 3.63) is 29.6 Å². The number of carbonyl (C=O) groups excluding carboxylic acids is 1. The molecular formula is C19H23BrFNO. The van der Waals surface area contributed by atoms with Gasteiger partial charge in [0.15, 0.2) is 0 Å². The number of aryl methyl sites for hydroxylation is 1. The van der Waals surface area contributed by atoms with Gasteiger partial charge < -0.3 is 5.32 Å². The third-order valence-corrected chi connectivity index (χ3v) is 7.04. The van der Waals surface area contributed by atoms with E-state index in [1.54, 1.807) is 6.07 Å². The fourth-order valence-electron chi connectivity index (χ4n) is 5.85. The van der Waals surface area contributed by atoms with Crippen LogP contribution in [0.3, 0.4) is 0 Å². The molecule has 4 fully saturated rings. The van der Waals surface area contributed by atoms with Crippen molar-refractivity contribution in [3.8, 4) is 0 Å². The molecule has 4 saturated carbocycles. The van der Waals surface area contributed by atoms with E-state index in [4.69, 9.17) is 0 Å². The first-order chi connectivity index (χ1) is 10.8. The van der Waals surface area contributed by atoms with Gasteiger partial charge in [-0.15, -0.1) is 0 Å². The Hall–Kier alpha value is -0.900. The molecule has 0 aliphatic heterocycles. The summed E-state index contributed by atoms with van der Waals surface area (Å²) in [5, 5.41) is 3.00. The van der Waals surface area contributed by atoms with Crippen molar-refractivity contribution >= 4 is 27.5 Å². The number of carbonyl (C=O) groups is 1. The van der Waals surface area contributed by atoms with Gasteiger partial charge in [0, 0.05) is 16.4 Å². The van der Waals surface area contributed by atoms with Crippen LogP contribution in [0.5, 0.6) is 0 Å². The summed E-state index contributed by atoms with van der Waals surface area (Å²) in [6, 6.07) is 4.53. The van der Waals surface area contributed by atoms with Crippen molar-refractivity contribution in [2.75, 3.05) is 5.32 Å². The first-order valence-corrected chi connectivity index (χ1v) is 9.39. The molecule has 1 N–H and O–H groups in total. The monoisotopic (exact) mass is 379 g/mol. The molecule has 1 aromatic rings. The van der Waals surface area contributed by atoms with Crippen molar-refractivity contribution in [2.24, 2.45) is 17.3 Å². The Bertz CT molecular complexity index is 645. The number of benzene rings is 1. The van der Waals surface area contributed by atoms with Gasteiger partial charge in [0.25, 0.3) is 0 Å². The maximum atomic E-state index is 13.2. The molecule has 2 atom stereocenters. The fourth-order valence-corrected chi connectivity index (χ4v) is 7.36. The lowest BCUT2D eigenvalue weighted by atomic mass is 9.48. The van der Waals surface area contributed by atoms with Crippen LogP contribution in [-0.4, -0.2) is 10.2 Å². The molecule has 124 valence electrons. The highest BCUT2D eigenvalue weighted by molar-refractivity contribution is 9.10. The zero-order valence-corrected chi connectivity index (χ0v) is 15.1. The number of hydrogen-bond donors (Lipinski definition) is 1. The Morgan fingerprint density at radius 3 is 2.61 bits per heavy atom. The predicted octanol–water partition coefficient (Wildman–Crippen LogP) is 5.20. The normalized spacial score (nSPS) is 37.9. The molecule has 0 radical (unpaired) electrons. The largest absolute Gasteiger partial charge is 0.326 e. The van der Waals surface area contributed by atoms with Crippen LogP contribution < -0.4 is 5.32 Å². The van der Waals surface area contributed by atoms with Gasteiger partial charge in [0.05, 0.1) is 0 Å². The minimum Gasteiger partial charge on any atom is -0.326 e. The van der Waals surface area contributed by atoms with E-state index in [0.29, 0.717) is 6.42 Å². The van der Waals surface area contributed by atoms with E-state index in [9.17, 15) is 9.18 Å². The molecule has 2 nitrogen and oxygen atoms in total. The number of anilines is 1. The van der Waals surface area contributed by atoms with E-state index in [1.807, 2.05) is 6.92 Å². The van der Waals surface area contributed by atoms with Gasteiger partial charge in [-0.05, 0) is 86.5 Å². The molecule has 4 aliphatic rings. The van der Waals surface area contributed by atoms with Crippen molar-refractivity contribution in [1.29, 1.82) is 0 Å². The summed E-state index contributed by atoms with van der Waals surface area (Å²) >= 11 is 4.00. The van der Waals surface area contributed by atoms with E-state index >= 15 is 0 Å². The summed E-state index contributed by atoms with van der Waals surface area (Å²) in [6.45, 7) is 1.83. The number of hydrogen-bond acceptors (Lipinski definition) is 1. The van der Waals surface area contributed by atoms with E-state index in [-0.39, 0.29) is 21.5 Å². The molecule has 0 aromatic heterocycles. The lowest BCUT2D eigenvalue weighted by Crippen LogP contribution is -2.53. The van der Waals surface area contributed by atoms with Crippen LogP contribution in [0.2, 0.25) is 0 Å². The lowest BCUT2D eigenvalue weighted by Gasteiger charge is -2.60. The Morgan fingerprint density at radius 1 is 1.30 bits per heavy atom. The van der Waals surface area contributed by atoms with Crippen LogP contribution in [0.1, 0.15) is 50.5 Å². The quantitative estimate of drug-likeness (QED) is 0.718. The first-order valence-electron chi connectivity index (χ1n) is 8.60. The smallest absolute Gasteiger partial charge is 0.224 e. The topological polar surface area (TPSA) is 29.1 Å². The van der Waals surface area contributed by atoms with Gasteiger partial charge >= 0.3 is 0 Å². The third-order valence-electron chi connectivity index (χ3n) is 6.11. The standard InChI is InChI=1S/C19H23BrFNO/c1-12-4-15(21)2-3-16(12)22-17(23)10-18-6-13-5-14(7-18)9-19(20,8-13)11-18/h2-4,13-14H,5-11H2,1H3,(H,22,23)/t13-,14-,18?,19?/m1/s1. The number of halogens is 2. The number of alkyl halides is 1. The van der Waals surface area contributed by atoms with Crippen LogP contribution >= 0.6 is 15.9 Å². The molecule has 4 bridgehead atoms. The van der Waals surface area contributed by atoms with Crippen molar-refractivity contribution in [3.63, 3.8) is 0 Å². The molecule has 4 aliphatic carbocycles. The molecule has 1 amide bonds. The van der Waals surface area contributed by atoms with Crippen LogP contribution in [0.25, 0.3) is 0 Å². The van der Waals surface area contributed by atoms with Crippen LogP contribution in [-0.2, 0) is 4.79 Å². The highest BCUT2D eigenvalue weighted by atomic mass is 79.9. The van der Waals surface area contributed by atoms with Gasteiger partial charge in [0.1, 0.15) is 5.82 Å². The summed E-state index contributed by atoms with van der Waals surface area (Å²) in [5.41, 5.74) is 1.68. The average Bonchev–Trinajstić information content (AvgIpc) is 2.38. The molecule has 1 aromatic carbocycles. The summed E-state index contributed by atoms with van der Waals surface area (Å²) in [4.78, 5) is 12.6. The van der Waals surface area contributed by atoms with Gasteiger partial charge in [-0.3, -0.25) is 4.79 Å². The van der Waals surface area contributed by atoms with E-state index in [1.165, 1.54) is 44.2 Å². The summed E-state index contributed by atoms with van der Waals surface area (Å²) < 4.78 is 13.5. The SMILES string of the molecule is Cc1cc(F)ccc1NC(=O)CC12C[C@H]3C[C@@H](CC(Br)(C3)C1)C2. The second-order valence-electron chi connectivity index (χ2n) is 8.30. The van der Waals surface area contributed by atoms with Crippen LogP contribution in [0.4, 0.5) is 10.1 Å². The maximum Gasteiger partial charge on any atom is 0.224 e. The Morgan fingerprint density at radius 2 is 2.00 bits per heavy atom. The van der Waals surface area contributed by atoms with Crippen molar-refractivity contribution in [1.82, 2.24) is 0 Å². The molecule has 0 unspecified atom stereocenters. The molecule has 23 heavy (non-hydrogen) atoms. The molecule has 0 spiro atoms. The maximum absolute atomic E-state index is 13.2. The zero-order valence-electron chi connectivity index (χ0n) is 13.5. The minimum atomic E-state index is -0.261. The second-order valence-corrected chi connectivity index (χ2v) is 9.98. The van der Waals surface area contributed by atoms with Gasteiger partial charge in [0.2, 0.25) is 5.91 Å². The van der Waals surface area contributed by atoms with Crippen LogP contribution in [0, 0.1) is 30.0 Å². The molecule has 5 rings (SSSR count). The molecular weight excluding hydrogens is 357 g/mol. The summed E-state index contributed by atoms with van der Waals surface area (Å²) in [6.07, 6.45) is 8.05. The number of amides is 1. The first kappa shape index (κ1) is 15.6. The zero-order chi connectivity index (χ0) is 16.2. The highest BCUT2D eigenvalue weighted by Crippen LogP contribution is 2.65. The van der Waals surface area contributed by atoms with Crippen molar-refractivity contribution < 1.29 is 9.18 Å². The van der Waals surface area contributed by atoms with Crippen LogP contribution in [0.15, 0.2) is 18.2 Å². The highest BCUT2D eigenvalue weighted by Gasteiger charge is 2.57. The Kier molecular flexibility index (Phi) is 3.60. The fraction of sp³-hybridized carbons (Fsp3) is 0.632. The molecule has 0 saturated heterocycles. The van der Waals surface area contributed by atoms with E-state index < -0.39 is 0 Å². The molecule has 0 heterocycles. The minimum absolute atomic E-state index is 0.0813. The van der Waals surface area contributed by atoms with Gasteiger partial charge in [-0.1, -0.05) is 15.9 Å². The summed E-state index contributed by atoms with van der Waals surface area (Å²) in [5.74, 6) is 1.40. The number of rotatable bonds is 3. The summed E-state index contributed by atoms with van der Waals surface area (Å²) in [7, 11) is 0. The lowest BCUT2D eigenvalue weighted by molar-refractivity contribution is -0.123. The number of nitrogens with one attached hydrogen (secondary N) is 1. The predicted molar refractivity (Wildman–Crippen MR) is 93.2 cm³/mol. The Labute approximate surface area is 145 Å². The van der Waals surface area contributed by atoms with E-state index in [0.717, 1.165) is 29.5 Å². The van der Waals surface area contributed by atoms with Gasteiger partial charge in [-0.25, -0.2) is 4.39 Å². The van der Waals surface area contributed by atoms with E-state index in [2.05, 4.69) is 21.2 Å². The third kappa shape index (κ3) is 2.95. The van der Waals surface area contributed by atoms with Crippen molar-refractivity contribution in [2.45, 2.75) is 56.2 Å². The molecule has 4 heteroatoms. The average molecular weight is 380 g/mol.